The van der Waals surface area contributed by atoms with E-state index in [9.17, 15) is 9.59 Å². The fourth-order valence-corrected chi connectivity index (χ4v) is 3.12. The van der Waals surface area contributed by atoms with Crippen molar-refractivity contribution in [2.45, 2.75) is 13.0 Å². The Bertz CT molecular complexity index is 944. The zero-order chi connectivity index (χ0) is 20.3. The van der Waals surface area contributed by atoms with Crippen LogP contribution < -0.4 is 21.1 Å². The number of carbonyl (C=O) groups excluding carboxylic acids is 1. The average molecular weight is 403 g/mol. The lowest BCUT2D eigenvalue weighted by molar-refractivity contribution is -0.111. The smallest absolute Gasteiger partial charge is 0.271 e. The maximum absolute atomic E-state index is 11.9. The van der Waals surface area contributed by atoms with Gasteiger partial charge in [-0.2, -0.15) is 0 Å². The van der Waals surface area contributed by atoms with Gasteiger partial charge in [-0.05, 0) is 38.2 Å². The van der Waals surface area contributed by atoms with E-state index < -0.39 is 5.56 Å². The van der Waals surface area contributed by atoms with Crippen LogP contribution in [0.1, 0.15) is 6.92 Å². The van der Waals surface area contributed by atoms with Gasteiger partial charge in [0.1, 0.15) is 5.02 Å². The lowest BCUT2D eigenvalue weighted by Crippen LogP contribution is -2.50. The first kappa shape index (κ1) is 19.9. The summed E-state index contributed by atoms with van der Waals surface area (Å²) in [5.74, 6) is -0.0324. The number of aromatic nitrogens is 2. The number of rotatable bonds is 5. The van der Waals surface area contributed by atoms with Gasteiger partial charge in [0.25, 0.3) is 5.56 Å². The van der Waals surface area contributed by atoms with Gasteiger partial charge in [-0.1, -0.05) is 18.2 Å². The molecule has 0 saturated carbocycles. The van der Waals surface area contributed by atoms with Gasteiger partial charge in [0.2, 0.25) is 11.9 Å². The highest BCUT2D eigenvalue weighted by Crippen LogP contribution is 2.31. The first-order valence-corrected chi connectivity index (χ1v) is 9.29. The number of aromatic amines is 1. The number of H-pyrrole nitrogens is 1. The Balaban J connectivity index is 1.90. The molecule has 0 aliphatic carbocycles. The van der Waals surface area contributed by atoms with Crippen LogP contribution in [0.4, 0.5) is 23.0 Å². The van der Waals surface area contributed by atoms with E-state index in [2.05, 4.69) is 51.0 Å². The van der Waals surface area contributed by atoms with E-state index in [1.54, 1.807) is 6.07 Å². The van der Waals surface area contributed by atoms with Crippen molar-refractivity contribution in [3.63, 3.8) is 0 Å². The van der Waals surface area contributed by atoms with Crippen molar-refractivity contribution in [3.05, 3.63) is 52.4 Å². The molecular formula is C19H23ClN6O2. The summed E-state index contributed by atoms with van der Waals surface area (Å²) < 4.78 is 0. The summed E-state index contributed by atoms with van der Waals surface area (Å²) in [5.41, 5.74) is 1.82. The third-order valence-electron chi connectivity index (χ3n) is 4.76. The molecule has 0 radical (unpaired) electrons. The summed E-state index contributed by atoms with van der Waals surface area (Å²) in [7, 11) is 2.11. The summed E-state index contributed by atoms with van der Waals surface area (Å²) >= 11 is 5.71. The Hall–Kier alpha value is -2.84. The number of amides is 1. The Morgan fingerprint density at radius 1 is 1.43 bits per heavy atom. The zero-order valence-corrected chi connectivity index (χ0v) is 16.6. The van der Waals surface area contributed by atoms with Gasteiger partial charge in [0.05, 0.1) is 17.6 Å². The normalized spacial score (nSPS) is 17.2. The van der Waals surface area contributed by atoms with Crippen molar-refractivity contribution in [2.75, 3.05) is 42.2 Å². The third-order valence-corrected chi connectivity index (χ3v) is 5.03. The first-order valence-electron chi connectivity index (χ1n) is 8.92. The molecule has 1 amide bonds. The Morgan fingerprint density at radius 3 is 2.89 bits per heavy atom. The van der Waals surface area contributed by atoms with Crippen LogP contribution in [0.15, 0.2) is 41.8 Å². The van der Waals surface area contributed by atoms with Gasteiger partial charge in [-0.3, -0.25) is 14.6 Å². The summed E-state index contributed by atoms with van der Waals surface area (Å²) in [6.07, 6.45) is 2.51. The Morgan fingerprint density at radius 2 is 2.21 bits per heavy atom. The van der Waals surface area contributed by atoms with Crippen molar-refractivity contribution >= 4 is 40.5 Å². The lowest BCUT2D eigenvalue weighted by atomic mass is 10.1. The molecule has 1 saturated heterocycles. The molecule has 2 heterocycles. The molecule has 1 atom stereocenters. The number of halogens is 1. The average Bonchev–Trinajstić information content (AvgIpc) is 2.67. The lowest BCUT2D eigenvalue weighted by Gasteiger charge is -2.39. The number of hydrogen-bond acceptors (Lipinski definition) is 6. The maximum atomic E-state index is 11.9. The molecule has 1 aromatic carbocycles. The second-order valence-electron chi connectivity index (χ2n) is 6.73. The van der Waals surface area contributed by atoms with Crippen LogP contribution in [-0.2, 0) is 4.79 Å². The van der Waals surface area contributed by atoms with Crippen LogP contribution in [-0.4, -0.2) is 53.5 Å². The van der Waals surface area contributed by atoms with Crippen LogP contribution in [0.5, 0.6) is 0 Å². The summed E-state index contributed by atoms with van der Waals surface area (Å²) in [5, 5.41) is 5.90. The predicted octanol–water partition coefficient (Wildman–Crippen LogP) is 2.43. The standard InChI is InChI=1S/C19H23ClN6O2/c1-4-17(27)23-15-9-13(22-19-21-10-14(20)18(28)24-19)5-6-16(15)26-8-7-25(3)12(2)11-26/h4-6,9-10,12H,1,7-8,11H2,2-3H3,(H,23,27)(H2,21,22,24,28). The number of hydrogen-bond donors (Lipinski definition) is 3. The van der Waals surface area contributed by atoms with Crippen LogP contribution in [0.25, 0.3) is 0 Å². The van der Waals surface area contributed by atoms with E-state index in [0.717, 1.165) is 25.3 Å². The van der Waals surface area contributed by atoms with E-state index in [-0.39, 0.29) is 16.9 Å². The van der Waals surface area contributed by atoms with Crippen molar-refractivity contribution in [3.8, 4) is 0 Å². The molecule has 28 heavy (non-hydrogen) atoms. The molecule has 1 aliphatic heterocycles. The highest BCUT2D eigenvalue weighted by atomic mass is 35.5. The van der Waals surface area contributed by atoms with Gasteiger partial charge >= 0.3 is 0 Å². The first-order chi connectivity index (χ1) is 13.4. The summed E-state index contributed by atoms with van der Waals surface area (Å²) in [4.78, 5) is 34.7. The molecule has 1 aromatic heterocycles. The number of benzene rings is 1. The Labute approximate surface area is 168 Å². The minimum absolute atomic E-state index is 0.0176. The minimum Gasteiger partial charge on any atom is -0.367 e. The van der Waals surface area contributed by atoms with Crippen LogP contribution >= 0.6 is 11.6 Å². The molecule has 1 fully saturated rings. The van der Waals surface area contributed by atoms with Gasteiger partial charge in [0, 0.05) is 31.4 Å². The Kier molecular flexibility index (Phi) is 6.01. The van der Waals surface area contributed by atoms with Crippen molar-refractivity contribution in [1.82, 2.24) is 14.9 Å². The van der Waals surface area contributed by atoms with Gasteiger partial charge in [-0.25, -0.2) is 4.98 Å². The summed E-state index contributed by atoms with van der Waals surface area (Å²) in [6.45, 7) is 8.34. The topological polar surface area (TPSA) is 93.4 Å². The monoisotopic (exact) mass is 402 g/mol. The molecule has 1 unspecified atom stereocenters. The van der Waals surface area contributed by atoms with Crippen molar-refractivity contribution in [2.24, 2.45) is 0 Å². The second-order valence-corrected chi connectivity index (χ2v) is 7.14. The van der Waals surface area contributed by atoms with E-state index in [1.807, 2.05) is 12.1 Å². The largest absolute Gasteiger partial charge is 0.367 e. The van der Waals surface area contributed by atoms with Gasteiger partial charge < -0.3 is 20.4 Å². The highest BCUT2D eigenvalue weighted by Gasteiger charge is 2.23. The number of nitrogens with zero attached hydrogens (tertiary/aromatic N) is 3. The van der Waals surface area contributed by atoms with Gasteiger partial charge in [0.15, 0.2) is 0 Å². The number of anilines is 4. The number of nitrogens with one attached hydrogen (secondary N) is 3. The third kappa shape index (κ3) is 4.52. The van der Waals surface area contributed by atoms with Crippen molar-refractivity contribution in [1.29, 1.82) is 0 Å². The van der Waals surface area contributed by atoms with Crippen LogP contribution in [0.2, 0.25) is 5.02 Å². The predicted molar refractivity (Wildman–Crippen MR) is 113 cm³/mol. The van der Waals surface area contributed by atoms with E-state index in [0.29, 0.717) is 17.4 Å². The fourth-order valence-electron chi connectivity index (χ4n) is 3.02. The number of piperazine rings is 1. The maximum Gasteiger partial charge on any atom is 0.271 e. The number of likely N-dealkylation sites (N-methyl/N-ethyl adjacent to an activating group) is 1. The van der Waals surface area contributed by atoms with Crippen molar-refractivity contribution < 1.29 is 4.79 Å². The molecule has 0 bridgehead atoms. The van der Waals surface area contributed by atoms with E-state index in [4.69, 9.17) is 11.6 Å². The zero-order valence-electron chi connectivity index (χ0n) is 15.8. The van der Waals surface area contributed by atoms with Gasteiger partial charge in [-0.15, -0.1) is 0 Å². The SMILES string of the molecule is C=CC(=O)Nc1cc(Nc2ncc(Cl)c(=O)[nH]2)ccc1N1CCN(C)C(C)C1. The molecule has 2 aromatic rings. The number of carbonyl (C=O) groups is 1. The molecule has 3 rings (SSSR count). The molecule has 8 nitrogen and oxygen atoms in total. The molecule has 1 aliphatic rings. The highest BCUT2D eigenvalue weighted by molar-refractivity contribution is 6.30. The van der Waals surface area contributed by atoms with E-state index in [1.165, 1.54) is 12.3 Å². The molecule has 3 N–H and O–H groups in total. The minimum atomic E-state index is -0.428. The molecular weight excluding hydrogens is 380 g/mol. The van der Waals surface area contributed by atoms with E-state index >= 15 is 0 Å². The van der Waals surface area contributed by atoms with Crippen LogP contribution in [0.3, 0.4) is 0 Å². The second kappa shape index (κ2) is 8.45. The van der Waals surface area contributed by atoms with Crippen LogP contribution in [0, 0.1) is 0 Å². The molecule has 148 valence electrons. The fraction of sp³-hybridized carbons (Fsp3) is 0.316. The molecule has 0 spiro atoms. The summed E-state index contributed by atoms with van der Waals surface area (Å²) in [6, 6.07) is 6.01. The molecule has 9 heteroatoms. The quantitative estimate of drug-likeness (QED) is 0.665.